The second-order valence-electron chi connectivity index (χ2n) is 5.22. The van der Waals surface area contributed by atoms with Crippen LogP contribution in [-0.4, -0.2) is 18.6 Å². The minimum absolute atomic E-state index is 0.118. The van der Waals surface area contributed by atoms with E-state index in [1.165, 1.54) is 0 Å². The Hall–Kier alpha value is -3.20. The molecule has 0 atom stereocenters. The Morgan fingerprint density at radius 3 is 1.92 bits per heavy atom. The Balaban J connectivity index is 2.04. The molecule has 3 aromatic carbocycles. The molecule has 0 N–H and O–H groups in total. The molecule has 3 rings (SSSR count). The van der Waals surface area contributed by atoms with Crippen molar-refractivity contribution in [3.63, 3.8) is 0 Å². The van der Waals surface area contributed by atoms with Crippen LogP contribution >= 0.6 is 0 Å². The predicted molar refractivity (Wildman–Crippen MR) is 96.4 cm³/mol. The number of nitrogens with zero attached hydrogens (tertiary/aromatic N) is 1. The highest BCUT2D eigenvalue weighted by molar-refractivity contribution is 6.51. The fraction of sp³-hybridized carbons (Fsp3) is 0.0476. The van der Waals surface area contributed by atoms with Crippen molar-refractivity contribution in [3.05, 3.63) is 96.1 Å². The van der Waals surface area contributed by atoms with Crippen molar-refractivity contribution in [1.82, 2.24) is 0 Å². The summed E-state index contributed by atoms with van der Waals surface area (Å²) in [4.78, 5) is 17.6. The van der Waals surface area contributed by atoms with Gasteiger partial charge in [-0.1, -0.05) is 48.5 Å². The smallest absolute Gasteiger partial charge is 0.211 e. The van der Waals surface area contributed by atoms with E-state index < -0.39 is 0 Å². The lowest BCUT2D eigenvalue weighted by molar-refractivity contribution is 0.106. The molecule has 0 aliphatic rings. The molecular formula is C21H17NO2. The van der Waals surface area contributed by atoms with Crippen molar-refractivity contribution in [2.45, 2.75) is 0 Å². The molecule has 0 saturated heterocycles. The Kier molecular flexibility index (Phi) is 4.82. The van der Waals surface area contributed by atoms with Gasteiger partial charge in [0.2, 0.25) is 5.78 Å². The number of carbonyl (C=O) groups excluding carboxylic acids is 1. The standard InChI is InChI=1S/C21H17NO2/c1-24-19-14-12-17(13-15-19)21(23)20(16-8-4-2-5-9-16)22-18-10-6-3-7-11-18/h2-15H,1H3. The van der Waals surface area contributed by atoms with Gasteiger partial charge < -0.3 is 4.74 Å². The van der Waals surface area contributed by atoms with Crippen LogP contribution in [0.15, 0.2) is 89.9 Å². The van der Waals surface area contributed by atoms with Crippen LogP contribution in [0.2, 0.25) is 0 Å². The van der Waals surface area contributed by atoms with Gasteiger partial charge in [-0.15, -0.1) is 0 Å². The van der Waals surface area contributed by atoms with Gasteiger partial charge in [0.25, 0.3) is 0 Å². The van der Waals surface area contributed by atoms with Crippen molar-refractivity contribution in [2.24, 2.45) is 4.99 Å². The van der Waals surface area contributed by atoms with Gasteiger partial charge in [0.1, 0.15) is 11.5 Å². The van der Waals surface area contributed by atoms with Crippen LogP contribution in [-0.2, 0) is 0 Å². The number of aliphatic imine (C=N–C) groups is 1. The molecule has 0 aliphatic heterocycles. The van der Waals surface area contributed by atoms with Crippen LogP contribution in [0.3, 0.4) is 0 Å². The van der Waals surface area contributed by atoms with Crippen LogP contribution in [0.25, 0.3) is 0 Å². The summed E-state index contributed by atoms with van der Waals surface area (Å²) in [6.07, 6.45) is 0. The number of hydrogen-bond donors (Lipinski definition) is 0. The molecule has 0 aliphatic carbocycles. The summed E-state index contributed by atoms with van der Waals surface area (Å²) >= 11 is 0. The predicted octanol–water partition coefficient (Wildman–Crippen LogP) is 4.70. The average molecular weight is 315 g/mol. The average Bonchev–Trinajstić information content (AvgIpc) is 2.67. The van der Waals surface area contributed by atoms with E-state index in [0.717, 1.165) is 11.3 Å². The molecule has 3 heteroatoms. The zero-order valence-electron chi connectivity index (χ0n) is 13.3. The van der Waals surface area contributed by atoms with Gasteiger partial charge in [0, 0.05) is 11.1 Å². The SMILES string of the molecule is COc1ccc(C(=O)C(=Nc2ccccc2)c2ccccc2)cc1. The molecule has 24 heavy (non-hydrogen) atoms. The molecule has 0 saturated carbocycles. The summed E-state index contributed by atoms with van der Waals surface area (Å²) in [5, 5.41) is 0. The second-order valence-corrected chi connectivity index (χ2v) is 5.22. The molecule has 0 heterocycles. The molecule has 0 spiro atoms. The molecule has 118 valence electrons. The molecule has 3 aromatic rings. The number of ketones is 1. The van der Waals surface area contributed by atoms with Crippen LogP contribution in [0.1, 0.15) is 15.9 Å². The number of benzene rings is 3. The summed E-state index contributed by atoms with van der Waals surface area (Å²) in [5.41, 5.74) is 2.54. The zero-order valence-corrected chi connectivity index (χ0v) is 13.3. The third-order valence-corrected chi connectivity index (χ3v) is 3.61. The zero-order chi connectivity index (χ0) is 16.8. The maximum Gasteiger partial charge on any atom is 0.211 e. The maximum atomic E-state index is 13.0. The number of para-hydroxylation sites is 1. The first-order chi connectivity index (χ1) is 11.8. The monoisotopic (exact) mass is 315 g/mol. The normalized spacial score (nSPS) is 11.1. The van der Waals surface area contributed by atoms with E-state index in [1.807, 2.05) is 60.7 Å². The molecule has 0 radical (unpaired) electrons. The lowest BCUT2D eigenvalue weighted by Gasteiger charge is -2.07. The third kappa shape index (κ3) is 3.58. The van der Waals surface area contributed by atoms with Gasteiger partial charge in [0.15, 0.2) is 0 Å². The van der Waals surface area contributed by atoms with E-state index in [1.54, 1.807) is 31.4 Å². The van der Waals surface area contributed by atoms with Gasteiger partial charge in [-0.05, 0) is 36.4 Å². The van der Waals surface area contributed by atoms with Crippen LogP contribution in [0.4, 0.5) is 5.69 Å². The summed E-state index contributed by atoms with van der Waals surface area (Å²) in [5.74, 6) is 0.598. The first kappa shape index (κ1) is 15.7. The Labute approximate surface area is 141 Å². The Morgan fingerprint density at radius 1 is 0.750 bits per heavy atom. The van der Waals surface area contributed by atoms with E-state index in [9.17, 15) is 4.79 Å². The van der Waals surface area contributed by atoms with E-state index in [4.69, 9.17) is 4.74 Å². The topological polar surface area (TPSA) is 38.7 Å². The van der Waals surface area contributed by atoms with E-state index in [2.05, 4.69) is 4.99 Å². The van der Waals surface area contributed by atoms with Crippen LogP contribution < -0.4 is 4.74 Å². The van der Waals surface area contributed by atoms with Crippen molar-refractivity contribution < 1.29 is 9.53 Å². The molecule has 0 bridgehead atoms. The highest BCUT2D eigenvalue weighted by Crippen LogP contribution is 2.18. The number of carbonyl (C=O) groups is 1. The van der Waals surface area contributed by atoms with Gasteiger partial charge >= 0.3 is 0 Å². The summed E-state index contributed by atoms with van der Waals surface area (Å²) < 4.78 is 5.15. The fourth-order valence-corrected chi connectivity index (χ4v) is 2.35. The molecule has 0 fully saturated rings. The molecule has 3 nitrogen and oxygen atoms in total. The van der Waals surface area contributed by atoms with Gasteiger partial charge in [-0.25, -0.2) is 4.99 Å². The van der Waals surface area contributed by atoms with Crippen LogP contribution in [0, 0.1) is 0 Å². The first-order valence-electron chi connectivity index (χ1n) is 7.66. The highest BCUT2D eigenvalue weighted by atomic mass is 16.5. The van der Waals surface area contributed by atoms with Crippen molar-refractivity contribution in [1.29, 1.82) is 0 Å². The fourth-order valence-electron chi connectivity index (χ4n) is 2.35. The van der Waals surface area contributed by atoms with Crippen molar-refractivity contribution in [2.75, 3.05) is 7.11 Å². The summed E-state index contributed by atoms with van der Waals surface area (Å²) in [7, 11) is 1.60. The quantitative estimate of drug-likeness (QED) is 0.505. The molecule has 0 unspecified atom stereocenters. The van der Waals surface area contributed by atoms with Gasteiger partial charge in [0.05, 0.1) is 12.8 Å². The van der Waals surface area contributed by atoms with Crippen molar-refractivity contribution in [3.8, 4) is 5.75 Å². The van der Waals surface area contributed by atoms with Gasteiger partial charge in [-0.2, -0.15) is 0 Å². The summed E-state index contributed by atoms with van der Waals surface area (Å²) in [6.45, 7) is 0. The largest absolute Gasteiger partial charge is 0.497 e. The lowest BCUT2D eigenvalue weighted by Crippen LogP contribution is -2.15. The Bertz CT molecular complexity index is 838. The number of ether oxygens (including phenoxy) is 1. The summed E-state index contributed by atoms with van der Waals surface area (Å²) in [6, 6.07) is 26.0. The third-order valence-electron chi connectivity index (χ3n) is 3.61. The second kappa shape index (κ2) is 7.38. The van der Waals surface area contributed by atoms with Crippen LogP contribution in [0.5, 0.6) is 5.75 Å². The van der Waals surface area contributed by atoms with E-state index in [-0.39, 0.29) is 5.78 Å². The first-order valence-corrected chi connectivity index (χ1v) is 7.66. The number of Topliss-reactive ketones (excluding diaryl/α,β-unsaturated/α-hetero) is 1. The van der Waals surface area contributed by atoms with E-state index in [0.29, 0.717) is 17.0 Å². The minimum atomic E-state index is -0.118. The number of hydrogen-bond acceptors (Lipinski definition) is 3. The molecular weight excluding hydrogens is 298 g/mol. The minimum Gasteiger partial charge on any atom is -0.497 e. The van der Waals surface area contributed by atoms with Gasteiger partial charge in [-0.3, -0.25) is 4.79 Å². The maximum absolute atomic E-state index is 13.0. The molecule has 0 aromatic heterocycles. The molecule has 0 amide bonds. The Morgan fingerprint density at radius 2 is 1.33 bits per heavy atom. The number of rotatable bonds is 5. The van der Waals surface area contributed by atoms with Crippen molar-refractivity contribution >= 4 is 17.2 Å². The van der Waals surface area contributed by atoms with E-state index >= 15 is 0 Å². The lowest BCUT2D eigenvalue weighted by atomic mass is 10.0. The number of methoxy groups -OCH3 is 1. The highest BCUT2D eigenvalue weighted by Gasteiger charge is 2.16.